The summed E-state index contributed by atoms with van der Waals surface area (Å²) >= 11 is 0. The van der Waals surface area contributed by atoms with Crippen molar-refractivity contribution in [2.45, 2.75) is 33.1 Å². The van der Waals surface area contributed by atoms with E-state index in [1.54, 1.807) is 12.3 Å². The lowest BCUT2D eigenvalue weighted by atomic mass is 10.4. The van der Waals surface area contributed by atoms with Gasteiger partial charge < -0.3 is 9.47 Å². The Balaban J connectivity index is 3.20. The Morgan fingerprint density at radius 3 is 2.77 bits per heavy atom. The smallest absolute Gasteiger partial charge is 0.309 e. The van der Waals surface area contributed by atoms with Crippen molar-refractivity contribution in [3.8, 4) is 0 Å². The van der Waals surface area contributed by atoms with Crippen LogP contribution in [0.4, 0.5) is 0 Å². The highest BCUT2D eigenvalue weighted by atomic mass is 16.5. The highest BCUT2D eigenvalue weighted by molar-refractivity contribution is 5.69. The molecule has 0 atom stereocenters. The number of unbranched alkanes of at least 4 members (excludes halogenated alkanes) is 1. The number of carbonyl (C=O) groups is 1. The normalized spacial score (nSPS) is 10.3. The van der Waals surface area contributed by atoms with Crippen molar-refractivity contribution >= 4 is 5.97 Å². The molecule has 0 aliphatic carbocycles. The molecule has 0 saturated carbocycles. The minimum absolute atomic E-state index is 0.182. The Morgan fingerprint density at radius 2 is 2.15 bits per heavy atom. The maximum atomic E-state index is 11.0. The molecule has 0 unspecified atom stereocenters. The minimum atomic E-state index is -0.182. The van der Waals surface area contributed by atoms with Crippen LogP contribution in [0.2, 0.25) is 0 Å². The highest BCUT2D eigenvalue weighted by Crippen LogP contribution is 1.92. The number of allylic oxidation sites excluding steroid dienone is 1. The molecule has 0 aromatic carbocycles. The first kappa shape index (κ1) is 12.0. The third kappa shape index (κ3) is 8.92. The molecule has 0 aromatic heterocycles. The summed E-state index contributed by atoms with van der Waals surface area (Å²) < 4.78 is 9.90. The van der Waals surface area contributed by atoms with E-state index in [1.807, 2.05) is 6.92 Å². The Bertz CT molecular complexity index is 152. The Labute approximate surface area is 79.7 Å². The summed E-state index contributed by atoms with van der Waals surface area (Å²) in [4.78, 5) is 11.0. The van der Waals surface area contributed by atoms with Crippen molar-refractivity contribution in [2.24, 2.45) is 0 Å². The van der Waals surface area contributed by atoms with Crippen molar-refractivity contribution in [1.29, 1.82) is 0 Å². The fourth-order valence-corrected chi connectivity index (χ4v) is 0.709. The molecule has 0 rings (SSSR count). The zero-order valence-electron chi connectivity index (χ0n) is 8.41. The molecule has 76 valence electrons. The van der Waals surface area contributed by atoms with E-state index < -0.39 is 0 Å². The van der Waals surface area contributed by atoms with E-state index in [4.69, 9.17) is 9.47 Å². The monoisotopic (exact) mass is 186 g/mol. The predicted octanol–water partition coefficient (Wildman–Crippen LogP) is 2.27. The van der Waals surface area contributed by atoms with Gasteiger partial charge in [-0.2, -0.15) is 0 Å². The molecule has 0 aromatic rings. The van der Waals surface area contributed by atoms with E-state index in [1.165, 1.54) is 0 Å². The highest BCUT2D eigenvalue weighted by Gasteiger charge is 2.00. The van der Waals surface area contributed by atoms with Crippen molar-refractivity contribution in [2.75, 3.05) is 13.2 Å². The van der Waals surface area contributed by atoms with Crippen LogP contribution < -0.4 is 0 Å². The standard InChI is InChI=1S/C10H18O3/c1-3-5-8-13-10(11)6-9-12-7-4-2/h4,7H,3,5-6,8-9H2,1-2H3. The van der Waals surface area contributed by atoms with Crippen molar-refractivity contribution < 1.29 is 14.3 Å². The Morgan fingerprint density at radius 1 is 1.38 bits per heavy atom. The van der Waals surface area contributed by atoms with Gasteiger partial charge in [-0.3, -0.25) is 4.79 Å². The SMILES string of the molecule is CC=COCCC(=O)OCCCC. The average molecular weight is 186 g/mol. The van der Waals surface area contributed by atoms with E-state index in [9.17, 15) is 4.79 Å². The quantitative estimate of drug-likeness (QED) is 0.347. The van der Waals surface area contributed by atoms with Crippen LogP contribution >= 0.6 is 0 Å². The van der Waals surface area contributed by atoms with E-state index >= 15 is 0 Å². The van der Waals surface area contributed by atoms with Gasteiger partial charge in [0.2, 0.25) is 0 Å². The summed E-state index contributed by atoms with van der Waals surface area (Å²) in [5.74, 6) is -0.182. The number of hydrogen-bond acceptors (Lipinski definition) is 3. The van der Waals surface area contributed by atoms with E-state index in [0.29, 0.717) is 19.6 Å². The van der Waals surface area contributed by atoms with Crippen molar-refractivity contribution in [3.05, 3.63) is 12.3 Å². The van der Waals surface area contributed by atoms with Crippen LogP contribution in [0.1, 0.15) is 33.1 Å². The maximum absolute atomic E-state index is 11.0. The first-order valence-electron chi connectivity index (χ1n) is 4.69. The second-order valence-corrected chi connectivity index (χ2v) is 2.66. The van der Waals surface area contributed by atoms with Crippen LogP contribution in [0.5, 0.6) is 0 Å². The summed E-state index contributed by atoms with van der Waals surface area (Å²) in [6.45, 7) is 4.84. The molecule has 0 aliphatic rings. The third-order valence-corrected chi connectivity index (χ3v) is 1.42. The third-order valence-electron chi connectivity index (χ3n) is 1.42. The molecule has 0 radical (unpaired) electrons. The van der Waals surface area contributed by atoms with E-state index in [2.05, 4.69) is 6.92 Å². The first-order chi connectivity index (χ1) is 6.31. The average Bonchev–Trinajstić information content (AvgIpc) is 2.13. The van der Waals surface area contributed by atoms with Gasteiger partial charge in [0.05, 0.1) is 25.9 Å². The molecule has 0 amide bonds. The van der Waals surface area contributed by atoms with Gasteiger partial charge in [0.15, 0.2) is 0 Å². The van der Waals surface area contributed by atoms with Crippen LogP contribution in [0.25, 0.3) is 0 Å². The van der Waals surface area contributed by atoms with E-state index in [0.717, 1.165) is 12.8 Å². The summed E-state index contributed by atoms with van der Waals surface area (Å²) in [5.41, 5.74) is 0. The summed E-state index contributed by atoms with van der Waals surface area (Å²) in [5, 5.41) is 0. The second-order valence-electron chi connectivity index (χ2n) is 2.66. The van der Waals surface area contributed by atoms with Crippen LogP contribution in [0, 0.1) is 0 Å². The van der Waals surface area contributed by atoms with Gasteiger partial charge in [-0.1, -0.05) is 19.4 Å². The van der Waals surface area contributed by atoms with Gasteiger partial charge in [-0.25, -0.2) is 0 Å². The molecule has 0 spiro atoms. The molecule has 0 bridgehead atoms. The van der Waals surface area contributed by atoms with Crippen LogP contribution in [-0.4, -0.2) is 19.2 Å². The van der Waals surface area contributed by atoms with Gasteiger partial charge in [-0.15, -0.1) is 0 Å². The lowest BCUT2D eigenvalue weighted by molar-refractivity contribution is -0.144. The van der Waals surface area contributed by atoms with Crippen LogP contribution in [0.3, 0.4) is 0 Å². The first-order valence-corrected chi connectivity index (χ1v) is 4.69. The fourth-order valence-electron chi connectivity index (χ4n) is 0.709. The van der Waals surface area contributed by atoms with Gasteiger partial charge in [0, 0.05) is 0 Å². The van der Waals surface area contributed by atoms with Gasteiger partial charge >= 0.3 is 5.97 Å². The number of rotatable bonds is 7. The lowest BCUT2D eigenvalue weighted by Crippen LogP contribution is -2.08. The molecule has 0 N–H and O–H groups in total. The largest absolute Gasteiger partial charge is 0.501 e. The zero-order valence-corrected chi connectivity index (χ0v) is 8.41. The predicted molar refractivity (Wildman–Crippen MR) is 51.3 cm³/mol. The van der Waals surface area contributed by atoms with Crippen molar-refractivity contribution in [3.63, 3.8) is 0 Å². The number of carbonyl (C=O) groups excluding carboxylic acids is 1. The second kappa shape index (κ2) is 9.10. The van der Waals surface area contributed by atoms with Crippen LogP contribution in [-0.2, 0) is 14.3 Å². The minimum Gasteiger partial charge on any atom is -0.501 e. The molecular formula is C10H18O3. The van der Waals surface area contributed by atoms with Gasteiger partial charge in [-0.05, 0) is 13.3 Å². The van der Waals surface area contributed by atoms with Gasteiger partial charge in [0.1, 0.15) is 0 Å². The molecule has 0 aliphatic heterocycles. The molecule has 0 fully saturated rings. The fraction of sp³-hybridized carbons (Fsp3) is 0.700. The maximum Gasteiger partial charge on any atom is 0.309 e. The van der Waals surface area contributed by atoms with Gasteiger partial charge in [0.25, 0.3) is 0 Å². The summed E-state index contributed by atoms with van der Waals surface area (Å²) in [6.07, 6.45) is 5.65. The number of ether oxygens (including phenoxy) is 2. The zero-order chi connectivity index (χ0) is 9.94. The molecule has 3 nitrogen and oxygen atoms in total. The summed E-state index contributed by atoms with van der Waals surface area (Å²) in [7, 11) is 0. The Hall–Kier alpha value is -0.990. The molecule has 0 heterocycles. The van der Waals surface area contributed by atoms with E-state index in [-0.39, 0.29) is 5.97 Å². The molecule has 13 heavy (non-hydrogen) atoms. The molecule has 0 saturated heterocycles. The number of esters is 1. The number of hydrogen-bond donors (Lipinski definition) is 0. The summed E-state index contributed by atoms with van der Waals surface area (Å²) in [6, 6.07) is 0. The molecular weight excluding hydrogens is 168 g/mol. The lowest BCUT2D eigenvalue weighted by Gasteiger charge is -2.03. The Kier molecular flexibility index (Phi) is 8.41. The topological polar surface area (TPSA) is 35.5 Å². The molecule has 3 heteroatoms. The van der Waals surface area contributed by atoms with Crippen LogP contribution in [0.15, 0.2) is 12.3 Å². The van der Waals surface area contributed by atoms with Crippen molar-refractivity contribution in [1.82, 2.24) is 0 Å².